The maximum atomic E-state index is 5.71. The number of nitrogens with one attached hydrogen (secondary N) is 2. The lowest BCUT2D eigenvalue weighted by molar-refractivity contribution is 0.583. The Labute approximate surface area is 92.9 Å². The third kappa shape index (κ3) is 2.03. The smallest absolute Gasteiger partial charge is 0.129 e. The number of halogens is 1. The molecular formula is C9H10ClN3S. The highest BCUT2D eigenvalue weighted by atomic mass is 35.5. The van der Waals surface area contributed by atoms with Crippen LogP contribution in [0, 0.1) is 0 Å². The summed E-state index contributed by atoms with van der Waals surface area (Å²) >= 11 is 10.9. The van der Waals surface area contributed by atoms with Gasteiger partial charge in [0.1, 0.15) is 5.15 Å². The van der Waals surface area contributed by atoms with Crippen LogP contribution in [0.2, 0.25) is 5.15 Å². The zero-order valence-corrected chi connectivity index (χ0v) is 9.03. The van der Waals surface area contributed by atoms with Gasteiger partial charge in [0.15, 0.2) is 0 Å². The number of aromatic nitrogens is 1. The van der Waals surface area contributed by atoms with Gasteiger partial charge in [0.2, 0.25) is 0 Å². The molecule has 0 aromatic carbocycles. The van der Waals surface area contributed by atoms with E-state index in [1.807, 2.05) is 6.07 Å². The second-order valence-corrected chi connectivity index (χ2v) is 3.92. The van der Waals surface area contributed by atoms with Crippen molar-refractivity contribution < 1.29 is 0 Å². The van der Waals surface area contributed by atoms with Gasteiger partial charge in [0, 0.05) is 19.3 Å². The molecule has 1 aromatic heterocycles. The molecule has 1 aliphatic heterocycles. The van der Waals surface area contributed by atoms with E-state index in [0.29, 0.717) is 5.15 Å². The minimum Gasteiger partial charge on any atom is -0.377 e. The van der Waals surface area contributed by atoms with E-state index in [0.717, 1.165) is 23.6 Å². The van der Waals surface area contributed by atoms with E-state index in [1.165, 1.54) is 0 Å². The molecule has 14 heavy (non-hydrogen) atoms. The highest BCUT2D eigenvalue weighted by molar-refractivity contribution is 7.80. The third-order valence-electron chi connectivity index (χ3n) is 2.12. The molecule has 3 nitrogen and oxygen atoms in total. The van der Waals surface area contributed by atoms with Crippen molar-refractivity contribution in [1.82, 2.24) is 15.6 Å². The number of piperazine rings is 1. The summed E-state index contributed by atoms with van der Waals surface area (Å²) < 4.78 is 0. The van der Waals surface area contributed by atoms with E-state index in [1.54, 1.807) is 12.3 Å². The van der Waals surface area contributed by atoms with Crippen molar-refractivity contribution in [2.24, 2.45) is 0 Å². The molecule has 2 N–H and O–H groups in total. The van der Waals surface area contributed by atoms with Crippen molar-refractivity contribution in [3.05, 3.63) is 29.0 Å². The van der Waals surface area contributed by atoms with E-state index in [4.69, 9.17) is 23.8 Å². The molecule has 1 atom stereocenters. The Morgan fingerprint density at radius 3 is 2.93 bits per heavy atom. The molecule has 0 spiro atoms. The van der Waals surface area contributed by atoms with Crippen molar-refractivity contribution in [2.75, 3.05) is 13.1 Å². The molecule has 0 aliphatic carbocycles. The summed E-state index contributed by atoms with van der Waals surface area (Å²) in [6.45, 7) is 1.80. The van der Waals surface area contributed by atoms with Crippen LogP contribution in [-0.2, 0) is 0 Å². The fraction of sp³-hybridized carbons (Fsp3) is 0.333. The van der Waals surface area contributed by atoms with Crippen LogP contribution in [0.15, 0.2) is 18.3 Å². The molecule has 1 aromatic rings. The maximum Gasteiger partial charge on any atom is 0.129 e. The second-order valence-electron chi connectivity index (χ2n) is 3.09. The SMILES string of the molecule is S=C1NCCNC1c1ccc(Cl)nc1. The third-order valence-corrected chi connectivity index (χ3v) is 2.72. The first-order valence-electron chi connectivity index (χ1n) is 4.40. The standard InChI is InChI=1S/C9H10ClN3S/c10-7-2-1-6(5-13-7)8-9(14)12-4-3-11-8/h1-2,5,8,11H,3-4H2,(H,12,14). The molecule has 2 rings (SSSR count). The summed E-state index contributed by atoms with van der Waals surface area (Å²) in [6.07, 6.45) is 1.75. The topological polar surface area (TPSA) is 37.0 Å². The predicted molar refractivity (Wildman–Crippen MR) is 60.6 cm³/mol. The Morgan fingerprint density at radius 2 is 2.29 bits per heavy atom. The zero-order chi connectivity index (χ0) is 9.97. The number of hydrogen-bond acceptors (Lipinski definition) is 3. The molecule has 1 fully saturated rings. The summed E-state index contributed by atoms with van der Waals surface area (Å²) in [5, 5.41) is 6.97. The first-order chi connectivity index (χ1) is 6.77. The van der Waals surface area contributed by atoms with Gasteiger partial charge in [-0.05, 0) is 11.6 Å². The van der Waals surface area contributed by atoms with Gasteiger partial charge >= 0.3 is 0 Å². The average Bonchev–Trinajstić information content (AvgIpc) is 2.20. The predicted octanol–water partition coefficient (Wildman–Crippen LogP) is 1.30. The van der Waals surface area contributed by atoms with Gasteiger partial charge in [0.05, 0.1) is 11.0 Å². The van der Waals surface area contributed by atoms with E-state index < -0.39 is 0 Å². The lowest BCUT2D eigenvalue weighted by Crippen LogP contribution is -2.46. The molecule has 0 radical (unpaired) electrons. The molecular weight excluding hydrogens is 218 g/mol. The fourth-order valence-electron chi connectivity index (χ4n) is 1.42. The number of rotatable bonds is 1. The number of nitrogens with zero attached hydrogens (tertiary/aromatic N) is 1. The quantitative estimate of drug-likeness (QED) is 0.560. The van der Waals surface area contributed by atoms with Crippen LogP contribution >= 0.6 is 23.8 Å². The molecule has 1 saturated heterocycles. The van der Waals surface area contributed by atoms with E-state index in [-0.39, 0.29) is 6.04 Å². The van der Waals surface area contributed by atoms with Crippen LogP contribution in [0.5, 0.6) is 0 Å². The lowest BCUT2D eigenvalue weighted by Gasteiger charge is -2.26. The Morgan fingerprint density at radius 1 is 1.43 bits per heavy atom. The molecule has 0 bridgehead atoms. The minimum atomic E-state index is 0.0727. The first kappa shape index (κ1) is 9.83. The maximum absolute atomic E-state index is 5.71. The first-order valence-corrected chi connectivity index (χ1v) is 5.18. The molecule has 2 heterocycles. The largest absolute Gasteiger partial charge is 0.377 e. The highest BCUT2D eigenvalue weighted by Crippen LogP contribution is 2.16. The van der Waals surface area contributed by atoms with Gasteiger partial charge in [-0.15, -0.1) is 0 Å². The average molecular weight is 228 g/mol. The van der Waals surface area contributed by atoms with Gasteiger partial charge in [-0.25, -0.2) is 4.98 Å². The summed E-state index contributed by atoms with van der Waals surface area (Å²) in [5.74, 6) is 0. The van der Waals surface area contributed by atoms with Crippen LogP contribution < -0.4 is 10.6 Å². The molecule has 1 aliphatic rings. The van der Waals surface area contributed by atoms with Gasteiger partial charge in [0.25, 0.3) is 0 Å². The van der Waals surface area contributed by atoms with Gasteiger partial charge in [-0.3, -0.25) is 0 Å². The summed E-state index contributed by atoms with van der Waals surface area (Å²) in [5.41, 5.74) is 1.05. The fourth-order valence-corrected chi connectivity index (χ4v) is 1.86. The van der Waals surface area contributed by atoms with E-state index in [2.05, 4.69) is 15.6 Å². The lowest BCUT2D eigenvalue weighted by atomic mass is 10.1. The monoisotopic (exact) mass is 227 g/mol. The number of pyridine rings is 1. The molecule has 0 saturated carbocycles. The zero-order valence-electron chi connectivity index (χ0n) is 7.46. The summed E-state index contributed by atoms with van der Waals surface area (Å²) in [6, 6.07) is 3.78. The number of hydrogen-bond donors (Lipinski definition) is 2. The van der Waals surface area contributed by atoms with Crippen molar-refractivity contribution >= 4 is 28.8 Å². The Hall–Kier alpha value is -0.710. The molecule has 1 unspecified atom stereocenters. The van der Waals surface area contributed by atoms with Crippen LogP contribution in [0.3, 0.4) is 0 Å². The van der Waals surface area contributed by atoms with Crippen LogP contribution in [0.4, 0.5) is 0 Å². The van der Waals surface area contributed by atoms with Crippen LogP contribution in [0.25, 0.3) is 0 Å². The van der Waals surface area contributed by atoms with E-state index >= 15 is 0 Å². The Bertz CT molecular complexity index is 338. The van der Waals surface area contributed by atoms with Gasteiger partial charge in [-0.1, -0.05) is 29.9 Å². The van der Waals surface area contributed by atoms with Crippen molar-refractivity contribution in [1.29, 1.82) is 0 Å². The normalized spacial score (nSPS) is 21.8. The van der Waals surface area contributed by atoms with Gasteiger partial charge < -0.3 is 10.6 Å². The Kier molecular flexibility index (Phi) is 2.96. The van der Waals surface area contributed by atoms with E-state index in [9.17, 15) is 0 Å². The number of thiocarbonyl (C=S) groups is 1. The van der Waals surface area contributed by atoms with Crippen LogP contribution in [-0.4, -0.2) is 23.1 Å². The second kappa shape index (κ2) is 4.21. The van der Waals surface area contributed by atoms with Gasteiger partial charge in [-0.2, -0.15) is 0 Å². The molecule has 5 heteroatoms. The molecule has 74 valence electrons. The minimum absolute atomic E-state index is 0.0727. The van der Waals surface area contributed by atoms with Crippen molar-refractivity contribution in [3.8, 4) is 0 Å². The molecule has 0 amide bonds. The summed E-state index contributed by atoms with van der Waals surface area (Å²) in [4.78, 5) is 4.85. The summed E-state index contributed by atoms with van der Waals surface area (Å²) in [7, 11) is 0. The van der Waals surface area contributed by atoms with Crippen molar-refractivity contribution in [3.63, 3.8) is 0 Å². The Balaban J connectivity index is 2.20. The highest BCUT2D eigenvalue weighted by Gasteiger charge is 2.19. The van der Waals surface area contributed by atoms with Crippen LogP contribution in [0.1, 0.15) is 11.6 Å². The van der Waals surface area contributed by atoms with Crippen molar-refractivity contribution in [2.45, 2.75) is 6.04 Å².